The van der Waals surface area contributed by atoms with Crippen LogP contribution in [-0.2, 0) is 16.0 Å². The Morgan fingerprint density at radius 2 is 2.00 bits per heavy atom. The number of halogens is 1. The second-order valence-electron chi connectivity index (χ2n) is 8.32. The predicted molar refractivity (Wildman–Crippen MR) is 120 cm³/mol. The molecule has 1 aromatic rings. The lowest BCUT2D eigenvalue weighted by atomic mass is 9.83. The number of hydrogen-bond acceptors (Lipinski definition) is 4. The molecular formula is C23H37FN4O2. The van der Waals surface area contributed by atoms with Crippen LogP contribution in [0.15, 0.2) is 23.2 Å². The number of benzene rings is 1. The highest BCUT2D eigenvalue weighted by molar-refractivity contribution is 5.79. The third kappa shape index (κ3) is 6.32. The summed E-state index contributed by atoms with van der Waals surface area (Å²) in [5, 5.41) is 6.82. The largest absolute Gasteiger partial charge is 0.382 e. The number of nitrogens with one attached hydrogen (secondary N) is 2. The van der Waals surface area contributed by atoms with Gasteiger partial charge in [-0.15, -0.1) is 0 Å². The van der Waals surface area contributed by atoms with Crippen molar-refractivity contribution >= 4 is 11.6 Å². The molecule has 0 atom stereocenters. The molecule has 0 amide bonds. The van der Waals surface area contributed by atoms with Gasteiger partial charge in [-0.05, 0) is 49.3 Å². The van der Waals surface area contributed by atoms with Crippen molar-refractivity contribution in [2.24, 2.45) is 10.4 Å². The SMILES string of the molecule is CCOCCC1(CNC(=NC)NCc2ccc(N3CCOCC3)c(F)c2)CCCC1. The predicted octanol–water partition coefficient (Wildman–Crippen LogP) is 3.31. The fourth-order valence-corrected chi connectivity index (χ4v) is 4.47. The van der Waals surface area contributed by atoms with Gasteiger partial charge in [0.2, 0.25) is 0 Å². The van der Waals surface area contributed by atoms with Crippen LogP contribution in [0.5, 0.6) is 0 Å². The van der Waals surface area contributed by atoms with E-state index in [1.165, 1.54) is 25.7 Å². The summed E-state index contributed by atoms with van der Waals surface area (Å²) >= 11 is 0. The fraction of sp³-hybridized carbons (Fsp3) is 0.696. The molecule has 1 saturated heterocycles. The van der Waals surface area contributed by atoms with Crippen molar-refractivity contribution in [2.45, 2.75) is 45.6 Å². The van der Waals surface area contributed by atoms with Crippen LogP contribution in [0.1, 0.15) is 44.6 Å². The molecule has 6 nitrogen and oxygen atoms in total. The normalized spacial score (nSPS) is 19.2. The minimum absolute atomic E-state index is 0.181. The van der Waals surface area contributed by atoms with Crippen molar-refractivity contribution in [3.63, 3.8) is 0 Å². The van der Waals surface area contributed by atoms with Gasteiger partial charge in [0.15, 0.2) is 5.96 Å². The van der Waals surface area contributed by atoms with Gasteiger partial charge >= 0.3 is 0 Å². The topological polar surface area (TPSA) is 58.1 Å². The van der Waals surface area contributed by atoms with Gasteiger partial charge in [-0.25, -0.2) is 4.39 Å². The molecule has 30 heavy (non-hydrogen) atoms. The summed E-state index contributed by atoms with van der Waals surface area (Å²) in [5.74, 6) is 0.579. The van der Waals surface area contributed by atoms with Crippen LogP contribution in [0.2, 0.25) is 0 Å². The smallest absolute Gasteiger partial charge is 0.191 e. The zero-order chi connectivity index (χ0) is 21.2. The van der Waals surface area contributed by atoms with Crippen LogP contribution in [0.3, 0.4) is 0 Å². The molecule has 1 saturated carbocycles. The zero-order valence-corrected chi connectivity index (χ0v) is 18.5. The molecule has 0 bridgehead atoms. The van der Waals surface area contributed by atoms with E-state index in [1.54, 1.807) is 13.1 Å². The van der Waals surface area contributed by atoms with Crippen molar-refractivity contribution in [2.75, 3.05) is 58.0 Å². The Balaban J connectivity index is 1.50. The number of ether oxygens (including phenoxy) is 2. The van der Waals surface area contributed by atoms with E-state index in [0.717, 1.165) is 50.8 Å². The lowest BCUT2D eigenvalue weighted by molar-refractivity contribution is 0.105. The fourth-order valence-electron chi connectivity index (χ4n) is 4.47. The Bertz CT molecular complexity index is 686. The minimum atomic E-state index is -0.181. The van der Waals surface area contributed by atoms with Crippen molar-refractivity contribution in [3.05, 3.63) is 29.6 Å². The van der Waals surface area contributed by atoms with E-state index in [1.807, 2.05) is 24.0 Å². The first kappa shape index (κ1) is 22.8. The lowest BCUT2D eigenvalue weighted by Gasteiger charge is -2.30. The monoisotopic (exact) mass is 420 g/mol. The van der Waals surface area contributed by atoms with Gasteiger partial charge in [0, 0.05) is 46.4 Å². The van der Waals surface area contributed by atoms with Crippen LogP contribution in [-0.4, -0.2) is 59.1 Å². The molecule has 2 fully saturated rings. The summed E-state index contributed by atoms with van der Waals surface area (Å²) in [6.45, 7) is 7.82. The summed E-state index contributed by atoms with van der Waals surface area (Å²) in [4.78, 5) is 6.39. The maximum absolute atomic E-state index is 14.6. The Morgan fingerprint density at radius 1 is 1.23 bits per heavy atom. The molecule has 7 heteroatoms. The summed E-state index contributed by atoms with van der Waals surface area (Å²) < 4.78 is 25.6. The number of guanidine groups is 1. The molecule has 0 radical (unpaired) electrons. The van der Waals surface area contributed by atoms with Gasteiger partial charge in [0.05, 0.1) is 18.9 Å². The standard InChI is InChI=1S/C23H37FN4O2/c1-3-29-13-10-23(8-4-5-9-23)18-27-22(25-2)26-17-19-6-7-21(20(24)16-19)28-11-14-30-15-12-28/h6-7,16H,3-5,8-15,17-18H2,1-2H3,(H2,25,26,27). The van der Waals surface area contributed by atoms with Crippen LogP contribution in [0.25, 0.3) is 0 Å². The molecule has 1 aliphatic heterocycles. The zero-order valence-electron chi connectivity index (χ0n) is 18.5. The number of morpholine rings is 1. The van der Waals surface area contributed by atoms with Gasteiger partial charge in [0.1, 0.15) is 5.82 Å². The summed E-state index contributed by atoms with van der Waals surface area (Å²) in [5.41, 5.74) is 1.85. The molecule has 0 aromatic heterocycles. The highest BCUT2D eigenvalue weighted by Gasteiger charge is 2.33. The first-order chi connectivity index (χ1) is 14.7. The molecule has 1 aromatic carbocycles. The molecule has 1 aliphatic carbocycles. The Hall–Kier alpha value is -1.86. The van der Waals surface area contributed by atoms with E-state index in [-0.39, 0.29) is 5.82 Å². The van der Waals surface area contributed by atoms with E-state index in [4.69, 9.17) is 9.47 Å². The van der Waals surface area contributed by atoms with Crippen LogP contribution < -0.4 is 15.5 Å². The lowest BCUT2D eigenvalue weighted by Crippen LogP contribution is -2.43. The molecule has 2 aliphatic rings. The molecule has 0 spiro atoms. The van der Waals surface area contributed by atoms with Gasteiger partial charge in [-0.2, -0.15) is 0 Å². The second kappa shape index (κ2) is 11.5. The average molecular weight is 421 g/mol. The van der Waals surface area contributed by atoms with E-state index in [0.29, 0.717) is 30.9 Å². The van der Waals surface area contributed by atoms with Crippen molar-refractivity contribution in [1.29, 1.82) is 0 Å². The molecule has 1 heterocycles. The van der Waals surface area contributed by atoms with E-state index >= 15 is 0 Å². The van der Waals surface area contributed by atoms with E-state index < -0.39 is 0 Å². The van der Waals surface area contributed by atoms with Gasteiger partial charge in [-0.1, -0.05) is 18.9 Å². The number of anilines is 1. The molecular weight excluding hydrogens is 383 g/mol. The van der Waals surface area contributed by atoms with Crippen LogP contribution in [0, 0.1) is 11.2 Å². The molecule has 0 unspecified atom stereocenters. The van der Waals surface area contributed by atoms with Crippen molar-refractivity contribution in [1.82, 2.24) is 10.6 Å². The number of aliphatic imine (C=N–C) groups is 1. The molecule has 3 rings (SSSR count). The third-order valence-corrected chi connectivity index (χ3v) is 6.32. The van der Waals surface area contributed by atoms with Gasteiger partial charge in [0.25, 0.3) is 0 Å². The highest BCUT2D eigenvalue weighted by Crippen LogP contribution is 2.40. The number of rotatable bonds is 9. The van der Waals surface area contributed by atoms with E-state index in [9.17, 15) is 4.39 Å². The Morgan fingerprint density at radius 3 is 2.67 bits per heavy atom. The Labute approximate surface area is 180 Å². The van der Waals surface area contributed by atoms with E-state index in [2.05, 4.69) is 15.6 Å². The van der Waals surface area contributed by atoms with Crippen LogP contribution in [0.4, 0.5) is 10.1 Å². The summed E-state index contributed by atoms with van der Waals surface area (Å²) in [7, 11) is 1.78. The highest BCUT2D eigenvalue weighted by atomic mass is 19.1. The van der Waals surface area contributed by atoms with Gasteiger partial charge in [-0.3, -0.25) is 4.99 Å². The first-order valence-corrected chi connectivity index (χ1v) is 11.3. The van der Waals surface area contributed by atoms with Crippen LogP contribution >= 0.6 is 0 Å². The number of nitrogens with zero attached hydrogens (tertiary/aromatic N) is 2. The maximum atomic E-state index is 14.6. The summed E-state index contributed by atoms with van der Waals surface area (Å²) in [6, 6.07) is 5.47. The third-order valence-electron chi connectivity index (χ3n) is 6.32. The quantitative estimate of drug-likeness (QED) is 0.365. The van der Waals surface area contributed by atoms with Crippen molar-refractivity contribution in [3.8, 4) is 0 Å². The Kier molecular flexibility index (Phi) is 8.75. The average Bonchev–Trinajstić information content (AvgIpc) is 3.24. The molecule has 2 N–H and O–H groups in total. The van der Waals surface area contributed by atoms with Crippen molar-refractivity contribution < 1.29 is 13.9 Å². The number of hydrogen-bond donors (Lipinski definition) is 2. The minimum Gasteiger partial charge on any atom is -0.382 e. The first-order valence-electron chi connectivity index (χ1n) is 11.3. The molecule has 168 valence electrons. The second-order valence-corrected chi connectivity index (χ2v) is 8.32. The maximum Gasteiger partial charge on any atom is 0.191 e. The van der Waals surface area contributed by atoms with Gasteiger partial charge < -0.3 is 25.0 Å². The summed E-state index contributed by atoms with van der Waals surface area (Å²) in [6.07, 6.45) is 6.12.